The minimum atomic E-state index is -0.251. The number of ether oxygens (including phenoxy) is 3. The molecule has 30 heavy (non-hydrogen) atoms. The molecule has 0 saturated heterocycles. The van der Waals surface area contributed by atoms with Crippen LogP contribution in [0.15, 0.2) is 72.9 Å². The van der Waals surface area contributed by atoms with Crippen molar-refractivity contribution < 1.29 is 18.6 Å². The molecule has 0 atom stereocenters. The highest BCUT2D eigenvalue weighted by molar-refractivity contribution is 5.88. The molecule has 154 valence electrons. The Labute approximate surface area is 173 Å². The van der Waals surface area contributed by atoms with Gasteiger partial charge in [0.2, 0.25) is 0 Å². The lowest BCUT2D eigenvalue weighted by molar-refractivity contribution is 0.355. The molecule has 4 N–H and O–H groups in total. The fourth-order valence-electron chi connectivity index (χ4n) is 2.66. The third-order valence-corrected chi connectivity index (χ3v) is 4.18. The van der Waals surface area contributed by atoms with Crippen LogP contribution in [-0.4, -0.2) is 19.2 Å². The smallest absolute Gasteiger partial charge is 0.162 e. The van der Waals surface area contributed by atoms with Crippen molar-refractivity contribution in [2.45, 2.75) is 0 Å². The summed E-state index contributed by atoms with van der Waals surface area (Å²) in [5, 5.41) is 0.844. The molecule has 1 heterocycles. The molecule has 0 bridgehead atoms. The van der Waals surface area contributed by atoms with Crippen LogP contribution in [0, 0.1) is 5.82 Å². The van der Waals surface area contributed by atoms with Crippen molar-refractivity contribution in [2.75, 3.05) is 25.7 Å². The molecule has 0 amide bonds. The van der Waals surface area contributed by atoms with Crippen molar-refractivity contribution in [2.24, 2.45) is 0 Å². The van der Waals surface area contributed by atoms with Gasteiger partial charge in [0.25, 0.3) is 0 Å². The molecule has 0 unspecified atom stereocenters. The van der Waals surface area contributed by atoms with E-state index in [1.165, 1.54) is 24.3 Å². The molecule has 4 aromatic rings. The Bertz CT molecular complexity index is 1100. The van der Waals surface area contributed by atoms with E-state index in [-0.39, 0.29) is 5.82 Å². The van der Waals surface area contributed by atoms with Crippen molar-refractivity contribution in [3.8, 4) is 23.0 Å². The van der Waals surface area contributed by atoms with E-state index in [9.17, 15) is 4.39 Å². The molecule has 3 aromatic carbocycles. The molecule has 0 saturated carbocycles. The topological polar surface area (TPSA) is 92.6 Å². The molecule has 6 nitrogen and oxygen atoms in total. The van der Waals surface area contributed by atoms with Gasteiger partial charge in [0.1, 0.15) is 17.3 Å². The van der Waals surface area contributed by atoms with Gasteiger partial charge in [0, 0.05) is 29.0 Å². The van der Waals surface area contributed by atoms with Gasteiger partial charge in [-0.05, 0) is 60.7 Å². The number of methoxy groups -OCH3 is 2. The van der Waals surface area contributed by atoms with Gasteiger partial charge in [-0.2, -0.15) is 0 Å². The summed E-state index contributed by atoms with van der Waals surface area (Å²) in [6.07, 6.45) is 1.70. The van der Waals surface area contributed by atoms with E-state index in [0.717, 1.165) is 10.9 Å². The Hall–Kier alpha value is -4.00. The summed E-state index contributed by atoms with van der Waals surface area (Å²) in [6.45, 7) is 0. The minimum absolute atomic E-state index is 0.251. The minimum Gasteiger partial charge on any atom is -0.493 e. The van der Waals surface area contributed by atoms with Crippen LogP contribution in [0.2, 0.25) is 0 Å². The molecular formula is C23H22FN3O3. The van der Waals surface area contributed by atoms with Gasteiger partial charge in [-0.1, -0.05) is 0 Å². The van der Waals surface area contributed by atoms with E-state index >= 15 is 0 Å². The fraction of sp³-hybridized carbons (Fsp3) is 0.0870. The van der Waals surface area contributed by atoms with Gasteiger partial charge in [-0.25, -0.2) is 4.39 Å². The standard InChI is InChI=1S/C17H16N2O3.C6H6FN/c1-20-16-9-13-14(10-17(16)21-2)19-8-7-15(13)22-12-5-3-11(18)4-6-12;7-5-1-3-6(8)4-2-5/h3-10H,18H2,1-2H3;1-4H,8H2. The van der Waals surface area contributed by atoms with Crippen LogP contribution in [0.3, 0.4) is 0 Å². The highest BCUT2D eigenvalue weighted by Gasteiger charge is 2.11. The van der Waals surface area contributed by atoms with Crippen molar-refractivity contribution in [1.29, 1.82) is 0 Å². The maximum absolute atomic E-state index is 12.0. The maximum Gasteiger partial charge on any atom is 0.162 e. The second kappa shape index (κ2) is 9.47. The van der Waals surface area contributed by atoms with Crippen LogP contribution < -0.4 is 25.7 Å². The Morgan fingerprint density at radius 1 is 0.733 bits per heavy atom. The first kappa shape index (κ1) is 20.7. The van der Waals surface area contributed by atoms with Gasteiger partial charge in [-0.15, -0.1) is 0 Å². The van der Waals surface area contributed by atoms with E-state index in [2.05, 4.69) is 4.98 Å². The summed E-state index contributed by atoms with van der Waals surface area (Å²) < 4.78 is 28.6. The predicted molar refractivity (Wildman–Crippen MR) is 117 cm³/mol. The number of rotatable bonds is 4. The number of nitrogen functional groups attached to an aromatic ring is 2. The summed E-state index contributed by atoms with van der Waals surface area (Å²) in [6, 6.07) is 18.4. The first-order chi connectivity index (χ1) is 14.5. The summed E-state index contributed by atoms with van der Waals surface area (Å²) >= 11 is 0. The predicted octanol–water partition coefficient (Wildman–Crippen LogP) is 5.03. The van der Waals surface area contributed by atoms with Crippen molar-refractivity contribution >= 4 is 22.3 Å². The Kier molecular flexibility index (Phi) is 6.54. The van der Waals surface area contributed by atoms with E-state index in [0.29, 0.717) is 34.4 Å². The number of nitrogens with zero attached hydrogens (tertiary/aromatic N) is 1. The van der Waals surface area contributed by atoms with Gasteiger partial charge >= 0.3 is 0 Å². The monoisotopic (exact) mass is 407 g/mol. The van der Waals surface area contributed by atoms with Crippen molar-refractivity contribution in [1.82, 2.24) is 4.98 Å². The summed E-state index contributed by atoms with van der Waals surface area (Å²) in [5.74, 6) is 2.41. The number of fused-ring (bicyclic) bond motifs is 1. The molecule has 4 rings (SSSR count). The molecule has 0 fully saturated rings. The van der Waals surface area contributed by atoms with Crippen LogP contribution in [0.25, 0.3) is 10.9 Å². The third-order valence-electron chi connectivity index (χ3n) is 4.18. The second-order valence-electron chi connectivity index (χ2n) is 6.26. The first-order valence-corrected chi connectivity index (χ1v) is 9.05. The Morgan fingerprint density at radius 3 is 1.87 bits per heavy atom. The van der Waals surface area contributed by atoms with E-state index in [1.54, 1.807) is 32.5 Å². The number of benzene rings is 3. The lowest BCUT2D eigenvalue weighted by Crippen LogP contribution is -1.93. The zero-order valence-electron chi connectivity index (χ0n) is 16.6. The number of halogens is 1. The molecule has 1 aromatic heterocycles. The lowest BCUT2D eigenvalue weighted by atomic mass is 10.2. The summed E-state index contributed by atoms with van der Waals surface area (Å²) in [5.41, 5.74) is 13.0. The fourth-order valence-corrected chi connectivity index (χ4v) is 2.66. The van der Waals surface area contributed by atoms with Crippen LogP contribution in [0.1, 0.15) is 0 Å². The molecule has 0 aliphatic rings. The van der Waals surface area contributed by atoms with Crippen LogP contribution in [-0.2, 0) is 0 Å². The average Bonchev–Trinajstić information content (AvgIpc) is 2.77. The van der Waals surface area contributed by atoms with E-state index in [4.69, 9.17) is 25.7 Å². The van der Waals surface area contributed by atoms with Gasteiger partial charge in [0.15, 0.2) is 11.5 Å². The SMILES string of the molecule is COc1cc2nccc(Oc3ccc(N)cc3)c2cc1OC.Nc1ccc(F)cc1. The van der Waals surface area contributed by atoms with Gasteiger partial charge in [0.05, 0.1) is 19.7 Å². The largest absolute Gasteiger partial charge is 0.493 e. The summed E-state index contributed by atoms with van der Waals surface area (Å²) in [7, 11) is 3.19. The number of pyridine rings is 1. The maximum atomic E-state index is 12.0. The quantitative estimate of drug-likeness (QED) is 0.461. The zero-order valence-corrected chi connectivity index (χ0v) is 16.6. The van der Waals surface area contributed by atoms with Crippen molar-refractivity contribution in [3.05, 3.63) is 78.7 Å². The van der Waals surface area contributed by atoms with Crippen molar-refractivity contribution in [3.63, 3.8) is 0 Å². The molecule has 0 aliphatic carbocycles. The number of anilines is 2. The van der Waals surface area contributed by atoms with Gasteiger partial charge in [-0.3, -0.25) is 4.98 Å². The first-order valence-electron chi connectivity index (χ1n) is 9.05. The molecular weight excluding hydrogens is 385 g/mol. The van der Waals surface area contributed by atoms with E-state index in [1.807, 2.05) is 30.3 Å². The number of aromatic nitrogens is 1. The Morgan fingerprint density at radius 2 is 1.30 bits per heavy atom. The third kappa shape index (κ3) is 5.08. The zero-order chi connectivity index (χ0) is 21.5. The average molecular weight is 407 g/mol. The Balaban J connectivity index is 0.000000269. The number of hydrogen-bond donors (Lipinski definition) is 2. The molecule has 0 radical (unpaired) electrons. The molecule has 0 aliphatic heterocycles. The molecule has 0 spiro atoms. The van der Waals surface area contributed by atoms with Crippen LogP contribution >= 0.6 is 0 Å². The summed E-state index contributed by atoms with van der Waals surface area (Å²) in [4.78, 5) is 4.35. The highest BCUT2D eigenvalue weighted by Crippen LogP contribution is 2.36. The van der Waals surface area contributed by atoms with Crippen LogP contribution in [0.4, 0.5) is 15.8 Å². The van der Waals surface area contributed by atoms with Crippen LogP contribution in [0.5, 0.6) is 23.0 Å². The normalized spacial score (nSPS) is 10.1. The number of nitrogens with two attached hydrogens (primary N) is 2. The second-order valence-corrected chi connectivity index (χ2v) is 6.26. The number of hydrogen-bond acceptors (Lipinski definition) is 6. The van der Waals surface area contributed by atoms with Gasteiger partial charge < -0.3 is 25.7 Å². The lowest BCUT2D eigenvalue weighted by Gasteiger charge is -2.12. The highest BCUT2D eigenvalue weighted by atomic mass is 19.1. The van der Waals surface area contributed by atoms with E-state index < -0.39 is 0 Å². The molecule has 7 heteroatoms.